The summed E-state index contributed by atoms with van der Waals surface area (Å²) in [6.07, 6.45) is 1.04. The number of halogens is 1. The minimum absolute atomic E-state index is 0.0166. The molecule has 0 saturated carbocycles. The lowest BCUT2D eigenvalue weighted by Gasteiger charge is -2.09. The van der Waals surface area contributed by atoms with Crippen LogP contribution in [-0.2, 0) is 13.0 Å². The van der Waals surface area contributed by atoms with E-state index in [1.807, 2.05) is 12.1 Å². The second-order valence-corrected chi connectivity index (χ2v) is 6.38. The average molecular weight is 339 g/mol. The second-order valence-electron chi connectivity index (χ2n) is 4.21. The molecule has 0 aliphatic heterocycles. The summed E-state index contributed by atoms with van der Waals surface area (Å²) >= 11 is 5.15. The highest BCUT2D eigenvalue weighted by molar-refractivity contribution is 9.10. The molecule has 19 heavy (non-hydrogen) atoms. The number of carbonyl (C=O) groups excluding carboxylic acids is 1. The molecule has 0 radical (unpaired) electrons. The van der Waals surface area contributed by atoms with Gasteiger partial charge in [0.1, 0.15) is 12.4 Å². The van der Waals surface area contributed by atoms with E-state index in [0.717, 1.165) is 10.9 Å². The zero-order valence-electron chi connectivity index (χ0n) is 10.9. The number of benzene rings is 1. The van der Waals surface area contributed by atoms with Crippen molar-refractivity contribution in [3.8, 4) is 5.75 Å². The highest BCUT2D eigenvalue weighted by atomic mass is 79.9. The van der Waals surface area contributed by atoms with Crippen LogP contribution in [0.5, 0.6) is 5.75 Å². The van der Waals surface area contributed by atoms with Crippen molar-refractivity contribution in [3.63, 3.8) is 0 Å². The first-order valence-corrected chi connectivity index (χ1v) is 7.72. The first kappa shape index (κ1) is 14.3. The normalized spacial score (nSPS) is 10.5. The molecule has 0 spiro atoms. The highest BCUT2D eigenvalue weighted by Crippen LogP contribution is 2.26. The van der Waals surface area contributed by atoms with Crippen LogP contribution in [-0.4, -0.2) is 5.78 Å². The third-order valence-corrected chi connectivity index (χ3v) is 4.45. The Balaban J connectivity index is 2.14. The fourth-order valence-corrected chi connectivity index (χ4v) is 2.96. The van der Waals surface area contributed by atoms with Gasteiger partial charge >= 0.3 is 0 Å². The molecule has 1 heterocycles. The fourth-order valence-electron chi connectivity index (χ4n) is 1.75. The molecule has 0 amide bonds. The quantitative estimate of drug-likeness (QED) is 0.728. The van der Waals surface area contributed by atoms with Crippen molar-refractivity contribution in [3.05, 3.63) is 50.1 Å². The number of hydrogen-bond acceptors (Lipinski definition) is 3. The molecular formula is C15H15BrO2S. The van der Waals surface area contributed by atoms with Gasteiger partial charge in [0.25, 0.3) is 0 Å². The van der Waals surface area contributed by atoms with E-state index in [1.54, 1.807) is 24.3 Å². The van der Waals surface area contributed by atoms with Gasteiger partial charge in [0.15, 0.2) is 5.78 Å². The van der Waals surface area contributed by atoms with E-state index in [-0.39, 0.29) is 5.78 Å². The van der Waals surface area contributed by atoms with Crippen molar-refractivity contribution < 1.29 is 9.53 Å². The summed E-state index contributed by atoms with van der Waals surface area (Å²) in [7, 11) is 0. The maximum Gasteiger partial charge on any atom is 0.163 e. The van der Waals surface area contributed by atoms with E-state index in [0.29, 0.717) is 17.9 Å². The van der Waals surface area contributed by atoms with Gasteiger partial charge in [-0.2, -0.15) is 0 Å². The Kier molecular flexibility index (Phi) is 4.77. The number of Topliss-reactive ketones (excluding diaryl/α,β-unsaturated/α-hetero) is 1. The van der Waals surface area contributed by atoms with Crippen LogP contribution in [0.4, 0.5) is 0 Å². The number of hydrogen-bond donors (Lipinski definition) is 0. The Morgan fingerprint density at radius 1 is 1.26 bits per heavy atom. The minimum Gasteiger partial charge on any atom is -0.487 e. The van der Waals surface area contributed by atoms with E-state index in [9.17, 15) is 4.79 Å². The van der Waals surface area contributed by atoms with Crippen LogP contribution in [0.15, 0.2) is 34.8 Å². The van der Waals surface area contributed by atoms with Gasteiger partial charge in [-0.05, 0) is 43.7 Å². The van der Waals surface area contributed by atoms with Crippen molar-refractivity contribution in [1.82, 2.24) is 0 Å². The Hall–Kier alpha value is -1.13. The molecule has 0 bridgehead atoms. The number of carbonyl (C=O) groups is 1. The maximum atomic E-state index is 11.5. The molecule has 0 fully saturated rings. The van der Waals surface area contributed by atoms with Crippen LogP contribution < -0.4 is 4.74 Å². The van der Waals surface area contributed by atoms with Crippen LogP contribution in [0.2, 0.25) is 0 Å². The Morgan fingerprint density at radius 2 is 2.00 bits per heavy atom. The van der Waals surface area contributed by atoms with Crippen LogP contribution in [0, 0.1) is 0 Å². The van der Waals surface area contributed by atoms with E-state index < -0.39 is 0 Å². The van der Waals surface area contributed by atoms with E-state index >= 15 is 0 Å². The summed E-state index contributed by atoms with van der Waals surface area (Å²) in [5, 5.41) is 0. The van der Waals surface area contributed by atoms with E-state index in [1.165, 1.54) is 9.75 Å². The van der Waals surface area contributed by atoms with Crippen molar-refractivity contribution >= 4 is 33.0 Å². The molecule has 4 heteroatoms. The van der Waals surface area contributed by atoms with Gasteiger partial charge in [-0.3, -0.25) is 4.79 Å². The third-order valence-electron chi connectivity index (χ3n) is 2.76. The van der Waals surface area contributed by atoms with Crippen molar-refractivity contribution in [2.45, 2.75) is 26.9 Å². The molecule has 0 aliphatic rings. The lowest BCUT2D eigenvalue weighted by atomic mass is 10.1. The van der Waals surface area contributed by atoms with Crippen molar-refractivity contribution in [2.75, 3.05) is 0 Å². The molecule has 2 aromatic rings. The van der Waals surface area contributed by atoms with Crippen LogP contribution >= 0.6 is 27.3 Å². The molecule has 0 unspecified atom stereocenters. The summed E-state index contributed by atoms with van der Waals surface area (Å²) in [6.45, 7) is 4.19. The highest BCUT2D eigenvalue weighted by Gasteiger charge is 2.09. The molecular weight excluding hydrogens is 324 g/mol. The third kappa shape index (κ3) is 3.67. The van der Waals surface area contributed by atoms with Crippen LogP contribution in [0.3, 0.4) is 0 Å². The summed E-state index contributed by atoms with van der Waals surface area (Å²) in [4.78, 5) is 14.1. The molecule has 0 aliphatic carbocycles. The van der Waals surface area contributed by atoms with Gasteiger partial charge in [-0.15, -0.1) is 11.3 Å². The zero-order chi connectivity index (χ0) is 13.8. The predicted molar refractivity (Wildman–Crippen MR) is 82.2 cm³/mol. The average Bonchev–Trinajstić information content (AvgIpc) is 2.84. The SMILES string of the molecule is CCc1ccc(COc2cc(Br)ccc2C(C)=O)s1. The number of ketones is 1. The Bertz CT molecular complexity index is 590. The van der Waals surface area contributed by atoms with Gasteiger partial charge in [0.05, 0.1) is 5.56 Å². The van der Waals surface area contributed by atoms with Gasteiger partial charge in [-0.1, -0.05) is 22.9 Å². The smallest absolute Gasteiger partial charge is 0.163 e. The fraction of sp³-hybridized carbons (Fsp3) is 0.267. The first-order valence-electron chi connectivity index (χ1n) is 6.11. The number of aryl methyl sites for hydroxylation is 1. The monoisotopic (exact) mass is 338 g/mol. The van der Waals surface area contributed by atoms with Crippen molar-refractivity contribution in [2.24, 2.45) is 0 Å². The minimum atomic E-state index is 0.0166. The first-order chi connectivity index (χ1) is 9.10. The number of ether oxygens (including phenoxy) is 1. The number of thiophene rings is 1. The van der Waals surface area contributed by atoms with Gasteiger partial charge in [0, 0.05) is 14.2 Å². The molecule has 1 aromatic carbocycles. The van der Waals surface area contributed by atoms with Gasteiger partial charge in [-0.25, -0.2) is 0 Å². The van der Waals surface area contributed by atoms with Crippen molar-refractivity contribution in [1.29, 1.82) is 0 Å². The molecule has 100 valence electrons. The molecule has 0 saturated heterocycles. The Labute approximate surface area is 125 Å². The standard InChI is InChI=1S/C15H15BrO2S/c1-3-12-5-6-13(19-12)9-18-15-8-11(16)4-7-14(15)10(2)17/h4-8H,3,9H2,1-2H3. The molecule has 2 nitrogen and oxygen atoms in total. The zero-order valence-corrected chi connectivity index (χ0v) is 13.3. The summed E-state index contributed by atoms with van der Waals surface area (Å²) < 4.78 is 6.69. The summed E-state index contributed by atoms with van der Waals surface area (Å²) in [5.41, 5.74) is 0.621. The summed E-state index contributed by atoms with van der Waals surface area (Å²) in [6, 6.07) is 9.67. The second kappa shape index (κ2) is 6.35. The maximum absolute atomic E-state index is 11.5. The molecule has 0 atom stereocenters. The van der Waals surface area contributed by atoms with Gasteiger partial charge < -0.3 is 4.74 Å². The number of rotatable bonds is 5. The van der Waals surface area contributed by atoms with E-state index in [2.05, 4.69) is 35.0 Å². The topological polar surface area (TPSA) is 26.3 Å². The summed E-state index contributed by atoms with van der Waals surface area (Å²) in [5.74, 6) is 0.649. The van der Waals surface area contributed by atoms with E-state index in [4.69, 9.17) is 4.74 Å². The molecule has 1 aromatic heterocycles. The van der Waals surface area contributed by atoms with Crippen LogP contribution in [0.1, 0.15) is 34.0 Å². The largest absolute Gasteiger partial charge is 0.487 e. The molecule has 0 N–H and O–H groups in total. The van der Waals surface area contributed by atoms with Crippen LogP contribution in [0.25, 0.3) is 0 Å². The lowest BCUT2D eigenvalue weighted by Crippen LogP contribution is -2.00. The Morgan fingerprint density at radius 3 is 2.63 bits per heavy atom. The predicted octanol–water partition coefficient (Wildman–Crippen LogP) is 4.85. The van der Waals surface area contributed by atoms with Gasteiger partial charge in [0.2, 0.25) is 0 Å². The molecule has 2 rings (SSSR count). The lowest BCUT2D eigenvalue weighted by molar-refractivity contribution is 0.101.